The number of carbonyl (C=O) groups is 1. The Morgan fingerprint density at radius 2 is 2.00 bits per heavy atom. The van der Waals surface area contributed by atoms with Crippen LogP contribution in [0.4, 0.5) is 27.6 Å². The maximum atomic E-state index is 12.6. The number of alkyl halides is 5. The number of rotatable bonds is 4. The second-order valence-electron chi connectivity index (χ2n) is 2.99. The number of pyridine rings is 1. The number of ether oxygens (including phenoxy) is 1. The molecule has 19 heavy (non-hydrogen) atoms. The summed E-state index contributed by atoms with van der Waals surface area (Å²) in [5, 5.41) is 10.6. The summed E-state index contributed by atoms with van der Waals surface area (Å²) in [6.45, 7) is 0. The predicted molar refractivity (Wildman–Crippen MR) is 47.9 cm³/mol. The van der Waals surface area contributed by atoms with E-state index < -0.39 is 40.4 Å². The first kappa shape index (κ1) is 14.7. The fourth-order valence-electron chi connectivity index (χ4n) is 1.21. The van der Waals surface area contributed by atoms with E-state index in [1.165, 1.54) is 0 Å². The predicted octanol–water partition coefficient (Wildman–Crippen LogP) is 2.64. The molecule has 0 N–H and O–H groups in total. The van der Waals surface area contributed by atoms with Gasteiger partial charge >= 0.3 is 12.0 Å². The molecule has 0 aliphatic carbocycles. The van der Waals surface area contributed by atoms with Crippen LogP contribution < -0.4 is 4.74 Å². The number of nitrogens with zero attached hydrogens (tertiary/aromatic N) is 2. The summed E-state index contributed by atoms with van der Waals surface area (Å²) in [6, 6.07) is 0. The third-order valence-corrected chi connectivity index (χ3v) is 1.82. The van der Waals surface area contributed by atoms with Gasteiger partial charge in [0.2, 0.25) is 0 Å². The van der Waals surface area contributed by atoms with Crippen molar-refractivity contribution >= 4 is 12.0 Å². The van der Waals surface area contributed by atoms with E-state index in [0.717, 1.165) is 0 Å². The first-order chi connectivity index (χ1) is 8.67. The molecule has 0 aliphatic rings. The molecule has 6 nitrogen and oxygen atoms in total. The Hall–Kier alpha value is -2.33. The first-order valence-electron chi connectivity index (χ1n) is 4.33. The van der Waals surface area contributed by atoms with Crippen LogP contribution in [-0.4, -0.2) is 22.6 Å². The molecule has 11 heteroatoms. The Bertz CT molecular complexity index is 517. The van der Waals surface area contributed by atoms with Gasteiger partial charge in [0, 0.05) is 0 Å². The monoisotopic (exact) mass is 286 g/mol. The highest BCUT2D eigenvalue weighted by atomic mass is 19.4. The second-order valence-corrected chi connectivity index (χ2v) is 2.99. The molecule has 104 valence electrons. The quantitative estimate of drug-likeness (QED) is 0.368. The lowest BCUT2D eigenvalue weighted by Gasteiger charge is -2.12. The number of aromatic nitrogens is 1. The van der Waals surface area contributed by atoms with Crippen LogP contribution in [0.5, 0.6) is 5.75 Å². The minimum absolute atomic E-state index is 0.172. The summed E-state index contributed by atoms with van der Waals surface area (Å²) in [5.41, 5.74) is -4.19. The highest BCUT2D eigenvalue weighted by Gasteiger charge is 2.38. The van der Waals surface area contributed by atoms with E-state index >= 15 is 0 Å². The average molecular weight is 286 g/mol. The van der Waals surface area contributed by atoms with Gasteiger partial charge in [0.15, 0.2) is 17.7 Å². The fraction of sp³-hybridized carbons (Fsp3) is 0.250. The topological polar surface area (TPSA) is 82.3 Å². The minimum Gasteiger partial charge on any atom is -0.403 e. The van der Waals surface area contributed by atoms with Gasteiger partial charge in [-0.2, -0.15) is 0 Å². The molecule has 0 amide bonds. The van der Waals surface area contributed by atoms with Crippen molar-refractivity contribution in [3.63, 3.8) is 0 Å². The Labute approximate surface area is 101 Å². The number of hydrogen-bond donors (Lipinski definition) is 0. The summed E-state index contributed by atoms with van der Waals surface area (Å²) in [5.74, 6) is -1.53. The van der Waals surface area contributed by atoms with Gasteiger partial charge in [0.1, 0.15) is 5.56 Å². The molecule has 1 aromatic heterocycles. The molecule has 1 heterocycles. The molecule has 0 unspecified atom stereocenters. The molecule has 0 saturated heterocycles. The highest BCUT2D eigenvalue weighted by molar-refractivity contribution is 5.80. The summed E-state index contributed by atoms with van der Waals surface area (Å²) in [4.78, 5) is 22.5. The molecule has 0 radical (unpaired) electrons. The van der Waals surface area contributed by atoms with Gasteiger partial charge in [-0.15, -0.1) is 13.2 Å². The normalized spacial score (nSPS) is 11.5. The molecule has 0 spiro atoms. The first-order valence-corrected chi connectivity index (χ1v) is 4.33. The summed E-state index contributed by atoms with van der Waals surface area (Å²) < 4.78 is 64.4. The van der Waals surface area contributed by atoms with E-state index in [2.05, 4.69) is 9.72 Å². The SMILES string of the molecule is O=Cc1ncc(OC(F)(F)F)c(C(F)F)c1[N+](=O)[O-]. The molecule has 0 aliphatic heterocycles. The lowest BCUT2D eigenvalue weighted by atomic mass is 10.1. The molecule has 0 bridgehead atoms. The number of hydrogen-bond acceptors (Lipinski definition) is 5. The van der Waals surface area contributed by atoms with E-state index in [4.69, 9.17) is 0 Å². The van der Waals surface area contributed by atoms with E-state index in [0.29, 0.717) is 0 Å². The maximum absolute atomic E-state index is 12.6. The van der Waals surface area contributed by atoms with Gasteiger partial charge in [-0.05, 0) is 0 Å². The molecule has 0 atom stereocenters. The third kappa shape index (κ3) is 3.33. The highest BCUT2D eigenvalue weighted by Crippen LogP contribution is 2.39. The van der Waals surface area contributed by atoms with Gasteiger partial charge in [0.05, 0.1) is 11.1 Å². The largest absolute Gasteiger partial charge is 0.573 e. The van der Waals surface area contributed by atoms with Crippen molar-refractivity contribution in [2.45, 2.75) is 12.8 Å². The zero-order chi connectivity index (χ0) is 14.8. The third-order valence-electron chi connectivity index (χ3n) is 1.82. The molecule has 0 fully saturated rings. The van der Waals surface area contributed by atoms with Gasteiger partial charge in [-0.3, -0.25) is 14.9 Å². The molecular weight excluding hydrogens is 283 g/mol. The molecule has 0 saturated carbocycles. The van der Waals surface area contributed by atoms with Gasteiger partial charge in [-0.25, -0.2) is 13.8 Å². The Balaban J connectivity index is 3.54. The lowest BCUT2D eigenvalue weighted by molar-refractivity contribution is -0.387. The molecule has 0 aromatic carbocycles. The van der Waals surface area contributed by atoms with Crippen LogP contribution in [0.3, 0.4) is 0 Å². The zero-order valence-corrected chi connectivity index (χ0v) is 8.65. The van der Waals surface area contributed by atoms with Crippen molar-refractivity contribution in [2.24, 2.45) is 0 Å². The van der Waals surface area contributed by atoms with Gasteiger partial charge < -0.3 is 4.74 Å². The van der Waals surface area contributed by atoms with Crippen molar-refractivity contribution < 1.29 is 36.4 Å². The lowest BCUT2D eigenvalue weighted by Crippen LogP contribution is -2.19. The van der Waals surface area contributed by atoms with Gasteiger partial charge in [0.25, 0.3) is 6.43 Å². The van der Waals surface area contributed by atoms with E-state index in [1.54, 1.807) is 0 Å². The van der Waals surface area contributed by atoms with E-state index in [-0.39, 0.29) is 12.5 Å². The van der Waals surface area contributed by atoms with Crippen LogP contribution in [0.15, 0.2) is 6.20 Å². The minimum atomic E-state index is -5.33. The van der Waals surface area contributed by atoms with Crippen LogP contribution in [0.25, 0.3) is 0 Å². The second kappa shape index (κ2) is 5.12. The summed E-state index contributed by atoms with van der Waals surface area (Å²) in [7, 11) is 0. The Kier molecular flexibility index (Phi) is 3.97. The number of carbonyl (C=O) groups excluding carboxylic acids is 1. The van der Waals surface area contributed by atoms with Gasteiger partial charge in [-0.1, -0.05) is 0 Å². The molecular formula is C8H3F5N2O4. The average Bonchev–Trinajstić information content (AvgIpc) is 2.25. The number of aldehydes is 1. The van der Waals surface area contributed by atoms with Crippen LogP contribution in [0.2, 0.25) is 0 Å². The summed E-state index contributed by atoms with van der Waals surface area (Å²) >= 11 is 0. The van der Waals surface area contributed by atoms with Crippen LogP contribution >= 0.6 is 0 Å². The standard InChI is InChI=1S/C8H3F5N2O4/c9-7(10)5-4(19-8(11,12)13)1-14-3(2-16)6(5)15(17)18/h1-2,7H. The summed E-state index contributed by atoms with van der Waals surface area (Å²) in [6.07, 6.45) is -9.03. The van der Waals surface area contributed by atoms with E-state index in [9.17, 15) is 36.9 Å². The zero-order valence-electron chi connectivity index (χ0n) is 8.65. The number of halogens is 5. The van der Waals surface area contributed by atoms with Crippen LogP contribution in [0, 0.1) is 10.1 Å². The molecule has 1 aromatic rings. The smallest absolute Gasteiger partial charge is 0.403 e. The van der Waals surface area contributed by atoms with Crippen molar-refractivity contribution in [1.82, 2.24) is 4.98 Å². The van der Waals surface area contributed by atoms with Crippen molar-refractivity contribution in [1.29, 1.82) is 0 Å². The van der Waals surface area contributed by atoms with Crippen molar-refractivity contribution in [2.75, 3.05) is 0 Å². The van der Waals surface area contributed by atoms with Crippen LogP contribution in [-0.2, 0) is 0 Å². The van der Waals surface area contributed by atoms with Crippen LogP contribution in [0.1, 0.15) is 22.5 Å². The van der Waals surface area contributed by atoms with Crippen molar-refractivity contribution in [3.8, 4) is 5.75 Å². The fourth-order valence-corrected chi connectivity index (χ4v) is 1.21. The Morgan fingerprint density at radius 3 is 2.37 bits per heavy atom. The maximum Gasteiger partial charge on any atom is 0.573 e. The van der Waals surface area contributed by atoms with E-state index in [1.807, 2.05) is 0 Å². The number of nitro groups is 1. The Morgan fingerprint density at radius 1 is 1.42 bits per heavy atom. The molecule has 1 rings (SSSR count). The van der Waals surface area contributed by atoms with Crippen molar-refractivity contribution in [3.05, 3.63) is 27.6 Å².